The van der Waals surface area contributed by atoms with Gasteiger partial charge in [0, 0.05) is 17.5 Å². The molecule has 2 atom stereocenters. The number of ether oxygens (including phenoxy) is 1. The molecule has 2 aromatic rings. The molecule has 1 aromatic heterocycles. The zero-order chi connectivity index (χ0) is 15.4. The van der Waals surface area contributed by atoms with Gasteiger partial charge in [-0.15, -0.1) is 0 Å². The minimum Gasteiger partial charge on any atom is -0.481 e. The molecule has 0 spiro atoms. The van der Waals surface area contributed by atoms with Crippen LogP contribution >= 0.6 is 11.6 Å². The van der Waals surface area contributed by atoms with Crippen molar-refractivity contribution in [3.8, 4) is 5.75 Å². The molecule has 1 heterocycles. The van der Waals surface area contributed by atoms with Gasteiger partial charge in [-0.3, -0.25) is 0 Å². The number of nitrogens with one attached hydrogen (secondary N) is 1. The normalized spacial score (nSPS) is 14.0. The fraction of sp³-hybridized carbons (Fsp3) is 0.467. The van der Waals surface area contributed by atoms with Crippen molar-refractivity contribution < 1.29 is 9.26 Å². The summed E-state index contributed by atoms with van der Waals surface area (Å²) in [4.78, 5) is 4.37. The van der Waals surface area contributed by atoms with Crippen LogP contribution in [0.4, 0.5) is 0 Å². The summed E-state index contributed by atoms with van der Waals surface area (Å²) in [5.74, 6) is 1.91. The number of rotatable bonds is 6. The van der Waals surface area contributed by atoms with Crippen LogP contribution in [0.3, 0.4) is 0 Å². The summed E-state index contributed by atoms with van der Waals surface area (Å²) < 4.78 is 11.1. The van der Waals surface area contributed by atoms with Crippen molar-refractivity contribution in [1.82, 2.24) is 15.5 Å². The molecule has 0 aliphatic heterocycles. The summed E-state index contributed by atoms with van der Waals surface area (Å²) in [6, 6.07) is 5.79. The zero-order valence-electron chi connectivity index (χ0n) is 12.7. The third kappa shape index (κ3) is 4.19. The third-order valence-corrected chi connectivity index (χ3v) is 3.49. The summed E-state index contributed by atoms with van der Waals surface area (Å²) in [6.07, 6.45) is 0.406. The first kappa shape index (κ1) is 15.8. The SMILES string of the molecule is CNC(C)Cc1noc(C(C)Oc2ccc(Cl)cc2C)n1. The molecule has 0 saturated carbocycles. The van der Waals surface area contributed by atoms with Crippen molar-refractivity contribution in [2.24, 2.45) is 0 Å². The Morgan fingerprint density at radius 2 is 2.14 bits per heavy atom. The van der Waals surface area contributed by atoms with Crippen LogP contribution in [0, 0.1) is 6.92 Å². The third-order valence-electron chi connectivity index (χ3n) is 3.25. The first-order valence-electron chi connectivity index (χ1n) is 6.92. The summed E-state index contributed by atoms with van der Waals surface area (Å²) >= 11 is 5.93. The maximum Gasteiger partial charge on any atom is 0.267 e. The number of aromatic nitrogens is 2. The lowest BCUT2D eigenvalue weighted by atomic mass is 10.2. The van der Waals surface area contributed by atoms with Gasteiger partial charge in [0.25, 0.3) is 5.89 Å². The first-order chi connectivity index (χ1) is 9.99. The number of halogens is 1. The van der Waals surface area contributed by atoms with E-state index in [0.717, 1.165) is 11.3 Å². The van der Waals surface area contributed by atoms with E-state index in [2.05, 4.69) is 22.4 Å². The largest absolute Gasteiger partial charge is 0.481 e. The van der Waals surface area contributed by atoms with E-state index in [4.69, 9.17) is 20.9 Å². The van der Waals surface area contributed by atoms with E-state index in [9.17, 15) is 0 Å². The van der Waals surface area contributed by atoms with Crippen molar-refractivity contribution in [2.75, 3.05) is 7.05 Å². The van der Waals surface area contributed by atoms with Gasteiger partial charge in [-0.25, -0.2) is 0 Å². The molecule has 0 aliphatic rings. The molecule has 1 aromatic carbocycles. The number of nitrogens with zero attached hydrogens (tertiary/aromatic N) is 2. The molecular weight excluding hydrogens is 290 g/mol. The molecule has 2 rings (SSSR count). The fourth-order valence-electron chi connectivity index (χ4n) is 1.88. The number of likely N-dealkylation sites (N-methyl/N-ethyl adjacent to an activating group) is 1. The standard InChI is InChI=1S/C15H20ClN3O2/c1-9-7-12(16)5-6-13(9)20-11(3)15-18-14(19-21-15)8-10(2)17-4/h5-7,10-11,17H,8H2,1-4H3. The lowest BCUT2D eigenvalue weighted by molar-refractivity contribution is 0.174. The van der Waals surface area contributed by atoms with Crippen molar-refractivity contribution in [3.63, 3.8) is 0 Å². The second-order valence-corrected chi connectivity index (χ2v) is 5.55. The highest BCUT2D eigenvalue weighted by Crippen LogP contribution is 2.26. The zero-order valence-corrected chi connectivity index (χ0v) is 13.4. The molecule has 114 valence electrons. The maximum atomic E-state index is 5.93. The predicted molar refractivity (Wildman–Crippen MR) is 81.8 cm³/mol. The van der Waals surface area contributed by atoms with Gasteiger partial charge in [-0.2, -0.15) is 4.98 Å². The van der Waals surface area contributed by atoms with Crippen LogP contribution in [-0.4, -0.2) is 23.2 Å². The van der Waals surface area contributed by atoms with Crippen LogP contribution in [0.2, 0.25) is 5.02 Å². The quantitative estimate of drug-likeness (QED) is 0.887. The molecule has 2 unspecified atom stereocenters. The highest BCUT2D eigenvalue weighted by molar-refractivity contribution is 6.30. The molecule has 21 heavy (non-hydrogen) atoms. The number of benzene rings is 1. The van der Waals surface area contributed by atoms with Gasteiger partial charge in [0.05, 0.1) is 0 Å². The Bertz CT molecular complexity index is 600. The van der Waals surface area contributed by atoms with E-state index >= 15 is 0 Å². The van der Waals surface area contributed by atoms with E-state index < -0.39 is 0 Å². The second kappa shape index (κ2) is 6.91. The lowest BCUT2D eigenvalue weighted by Gasteiger charge is -2.13. The Morgan fingerprint density at radius 3 is 2.81 bits per heavy atom. The molecule has 6 heteroatoms. The van der Waals surface area contributed by atoms with Crippen molar-refractivity contribution in [2.45, 2.75) is 39.3 Å². The molecule has 0 aliphatic carbocycles. The fourth-order valence-corrected chi connectivity index (χ4v) is 2.10. The average Bonchev–Trinajstić information content (AvgIpc) is 2.90. The molecule has 0 bridgehead atoms. The van der Waals surface area contributed by atoms with Gasteiger partial charge in [0.1, 0.15) is 5.75 Å². The number of hydrogen-bond acceptors (Lipinski definition) is 5. The number of hydrogen-bond donors (Lipinski definition) is 1. The topological polar surface area (TPSA) is 60.2 Å². The summed E-state index contributed by atoms with van der Waals surface area (Å²) in [7, 11) is 1.90. The van der Waals surface area contributed by atoms with Crippen molar-refractivity contribution in [1.29, 1.82) is 0 Å². The lowest BCUT2D eigenvalue weighted by Crippen LogP contribution is -2.24. The van der Waals surface area contributed by atoms with Gasteiger partial charge in [-0.1, -0.05) is 16.8 Å². The van der Waals surface area contributed by atoms with E-state index in [-0.39, 0.29) is 6.10 Å². The number of aryl methyl sites for hydroxylation is 1. The van der Waals surface area contributed by atoms with Crippen LogP contribution in [0.5, 0.6) is 5.75 Å². The maximum absolute atomic E-state index is 5.93. The molecule has 5 nitrogen and oxygen atoms in total. The van der Waals surface area contributed by atoms with Crippen LogP contribution in [0.15, 0.2) is 22.7 Å². The highest BCUT2D eigenvalue weighted by Gasteiger charge is 2.17. The van der Waals surface area contributed by atoms with Crippen LogP contribution in [0.1, 0.15) is 37.2 Å². The van der Waals surface area contributed by atoms with E-state index in [1.54, 1.807) is 6.07 Å². The summed E-state index contributed by atoms with van der Waals surface area (Å²) in [5.41, 5.74) is 0.970. The van der Waals surface area contributed by atoms with E-state index in [1.807, 2.05) is 33.0 Å². The minimum atomic E-state index is -0.309. The molecular formula is C15H20ClN3O2. The monoisotopic (exact) mass is 309 g/mol. The van der Waals surface area contributed by atoms with Crippen LogP contribution < -0.4 is 10.1 Å². The van der Waals surface area contributed by atoms with Gasteiger partial charge in [0.15, 0.2) is 11.9 Å². The minimum absolute atomic E-state index is 0.296. The molecule has 0 radical (unpaired) electrons. The smallest absolute Gasteiger partial charge is 0.267 e. The summed E-state index contributed by atoms with van der Waals surface area (Å²) in [6.45, 7) is 5.89. The second-order valence-electron chi connectivity index (χ2n) is 5.11. The summed E-state index contributed by atoms with van der Waals surface area (Å²) in [5, 5.41) is 7.80. The molecule has 0 fully saturated rings. The van der Waals surface area contributed by atoms with Crippen LogP contribution in [0.25, 0.3) is 0 Å². The van der Waals surface area contributed by atoms with Crippen molar-refractivity contribution >= 4 is 11.6 Å². The Hall–Kier alpha value is -1.59. The molecule has 0 saturated heterocycles. The predicted octanol–water partition coefficient (Wildman–Crippen LogP) is 3.32. The van der Waals surface area contributed by atoms with Crippen molar-refractivity contribution in [3.05, 3.63) is 40.5 Å². The van der Waals surface area contributed by atoms with Gasteiger partial charge >= 0.3 is 0 Å². The molecule has 0 amide bonds. The van der Waals surface area contributed by atoms with Gasteiger partial charge in [-0.05, 0) is 51.6 Å². The van der Waals surface area contributed by atoms with E-state index in [0.29, 0.717) is 29.2 Å². The van der Waals surface area contributed by atoms with Gasteiger partial charge in [0.2, 0.25) is 0 Å². The van der Waals surface area contributed by atoms with Crippen LogP contribution in [-0.2, 0) is 6.42 Å². The highest BCUT2D eigenvalue weighted by atomic mass is 35.5. The Morgan fingerprint density at radius 1 is 1.38 bits per heavy atom. The van der Waals surface area contributed by atoms with Gasteiger partial charge < -0.3 is 14.6 Å². The Balaban J connectivity index is 2.04. The molecule has 1 N–H and O–H groups in total. The van der Waals surface area contributed by atoms with E-state index in [1.165, 1.54) is 0 Å². The Labute approximate surface area is 129 Å². The first-order valence-corrected chi connectivity index (χ1v) is 7.30. The average molecular weight is 310 g/mol. The Kier molecular flexibility index (Phi) is 5.20.